The fourth-order valence-electron chi connectivity index (χ4n) is 3.00. The molecular formula is C24H30N2O7. The van der Waals surface area contributed by atoms with Crippen LogP contribution in [0.4, 0.5) is 4.79 Å². The Hall–Kier alpha value is -3.75. The van der Waals surface area contributed by atoms with Crippen molar-refractivity contribution in [2.24, 2.45) is 0 Å². The number of rotatable bonds is 9. The lowest BCUT2D eigenvalue weighted by atomic mass is 10.0. The molecule has 0 saturated heterocycles. The predicted octanol–water partition coefficient (Wildman–Crippen LogP) is 2.65. The summed E-state index contributed by atoms with van der Waals surface area (Å²) in [5.41, 5.74) is 0.575. The molecule has 0 aliphatic heterocycles. The molecule has 2 rings (SSSR count). The van der Waals surface area contributed by atoms with E-state index in [0.29, 0.717) is 16.9 Å². The monoisotopic (exact) mass is 458 g/mol. The number of aliphatic carboxylic acids is 1. The summed E-state index contributed by atoms with van der Waals surface area (Å²) in [5.74, 6) is -1.19. The number of hydrogen-bond acceptors (Lipinski definition) is 6. The van der Waals surface area contributed by atoms with Gasteiger partial charge in [-0.3, -0.25) is 4.79 Å². The zero-order chi connectivity index (χ0) is 24.6. The van der Waals surface area contributed by atoms with Crippen molar-refractivity contribution in [2.75, 3.05) is 7.11 Å². The number of alkyl carbamates (subject to hydrolysis) is 1. The van der Waals surface area contributed by atoms with E-state index < -0.39 is 35.7 Å². The van der Waals surface area contributed by atoms with Gasteiger partial charge in [0, 0.05) is 12.8 Å². The average Bonchev–Trinajstić information content (AvgIpc) is 2.73. The van der Waals surface area contributed by atoms with Gasteiger partial charge in [0.1, 0.15) is 29.2 Å². The molecule has 2 atom stereocenters. The summed E-state index contributed by atoms with van der Waals surface area (Å²) >= 11 is 0. The third-order valence-electron chi connectivity index (χ3n) is 4.60. The molecule has 0 bridgehead atoms. The van der Waals surface area contributed by atoms with Crippen LogP contribution in [0, 0.1) is 0 Å². The van der Waals surface area contributed by atoms with Crippen molar-refractivity contribution in [1.82, 2.24) is 10.6 Å². The number of amides is 2. The van der Waals surface area contributed by atoms with E-state index >= 15 is 0 Å². The van der Waals surface area contributed by atoms with E-state index in [2.05, 4.69) is 10.6 Å². The van der Waals surface area contributed by atoms with Crippen LogP contribution in [0.15, 0.2) is 48.5 Å². The van der Waals surface area contributed by atoms with Crippen LogP contribution in [0.5, 0.6) is 11.5 Å². The molecule has 4 N–H and O–H groups in total. The van der Waals surface area contributed by atoms with Gasteiger partial charge in [-0.05, 0) is 56.2 Å². The molecule has 0 fully saturated rings. The lowest BCUT2D eigenvalue weighted by Crippen LogP contribution is -2.53. The maximum absolute atomic E-state index is 13.0. The van der Waals surface area contributed by atoms with Crippen molar-refractivity contribution in [3.8, 4) is 11.5 Å². The second kappa shape index (κ2) is 11.2. The molecule has 2 amide bonds. The SMILES string of the molecule is COc1ccc(C[C@H](NC(=O)[C@H](Cc2ccc(O)cc2)NC(=O)OC(C)(C)C)C(=O)O)cc1. The summed E-state index contributed by atoms with van der Waals surface area (Å²) < 4.78 is 10.3. The summed E-state index contributed by atoms with van der Waals surface area (Å²) in [5, 5.41) is 24.1. The summed E-state index contributed by atoms with van der Waals surface area (Å²) in [6.07, 6.45) is -0.688. The Morgan fingerprint density at radius 2 is 1.39 bits per heavy atom. The van der Waals surface area contributed by atoms with Gasteiger partial charge in [0.05, 0.1) is 7.11 Å². The van der Waals surface area contributed by atoms with Crippen molar-refractivity contribution in [3.63, 3.8) is 0 Å². The zero-order valence-electron chi connectivity index (χ0n) is 19.1. The first-order valence-electron chi connectivity index (χ1n) is 10.4. The minimum atomic E-state index is -1.21. The number of phenolic OH excluding ortho intramolecular Hbond substituents is 1. The van der Waals surface area contributed by atoms with Gasteiger partial charge in [0.15, 0.2) is 0 Å². The quantitative estimate of drug-likeness (QED) is 0.454. The molecule has 178 valence electrons. The Bertz CT molecular complexity index is 950. The molecule has 0 unspecified atom stereocenters. The van der Waals surface area contributed by atoms with Crippen LogP contribution in [0.1, 0.15) is 31.9 Å². The maximum Gasteiger partial charge on any atom is 0.408 e. The van der Waals surface area contributed by atoms with Gasteiger partial charge in [-0.15, -0.1) is 0 Å². The molecule has 0 radical (unpaired) electrons. The van der Waals surface area contributed by atoms with Crippen LogP contribution in [-0.2, 0) is 27.2 Å². The van der Waals surface area contributed by atoms with Crippen molar-refractivity contribution in [3.05, 3.63) is 59.7 Å². The second-order valence-electron chi connectivity index (χ2n) is 8.52. The highest BCUT2D eigenvalue weighted by atomic mass is 16.6. The summed E-state index contributed by atoms with van der Waals surface area (Å²) in [4.78, 5) is 37.1. The summed E-state index contributed by atoms with van der Waals surface area (Å²) in [7, 11) is 1.53. The van der Waals surface area contributed by atoms with E-state index in [0.717, 1.165) is 0 Å². The van der Waals surface area contributed by atoms with E-state index in [9.17, 15) is 24.6 Å². The molecule has 33 heavy (non-hydrogen) atoms. The Kier molecular flexibility index (Phi) is 8.67. The van der Waals surface area contributed by atoms with Crippen LogP contribution < -0.4 is 15.4 Å². The van der Waals surface area contributed by atoms with Gasteiger partial charge in [-0.1, -0.05) is 24.3 Å². The summed E-state index contributed by atoms with van der Waals surface area (Å²) in [6.45, 7) is 5.07. The van der Waals surface area contributed by atoms with Crippen LogP contribution in [0.3, 0.4) is 0 Å². The lowest BCUT2D eigenvalue weighted by molar-refractivity contribution is -0.142. The number of nitrogens with one attached hydrogen (secondary N) is 2. The molecular weight excluding hydrogens is 428 g/mol. The number of ether oxygens (including phenoxy) is 2. The van der Waals surface area contributed by atoms with Crippen LogP contribution in [0.2, 0.25) is 0 Å². The standard InChI is InChI=1S/C24H30N2O7/c1-24(2,3)33-23(31)26-19(13-15-5-9-17(27)10-6-15)21(28)25-20(22(29)30)14-16-7-11-18(32-4)12-8-16/h5-12,19-20,27H,13-14H2,1-4H3,(H,25,28)(H,26,31)(H,29,30)/t19-,20-/m0/s1. The van der Waals surface area contributed by atoms with E-state index in [-0.39, 0.29) is 18.6 Å². The first-order chi connectivity index (χ1) is 15.5. The van der Waals surface area contributed by atoms with Crippen LogP contribution in [-0.4, -0.2) is 53.0 Å². The Morgan fingerprint density at radius 3 is 1.88 bits per heavy atom. The summed E-state index contributed by atoms with van der Waals surface area (Å²) in [6, 6.07) is 10.7. The van der Waals surface area contributed by atoms with Crippen molar-refractivity contribution < 1.29 is 34.1 Å². The molecule has 2 aromatic rings. The van der Waals surface area contributed by atoms with Gasteiger partial charge in [-0.25, -0.2) is 9.59 Å². The highest BCUT2D eigenvalue weighted by molar-refractivity contribution is 5.89. The third-order valence-corrected chi connectivity index (χ3v) is 4.60. The fourth-order valence-corrected chi connectivity index (χ4v) is 3.00. The number of carbonyl (C=O) groups is 3. The van der Waals surface area contributed by atoms with Crippen molar-refractivity contribution >= 4 is 18.0 Å². The number of phenols is 1. The van der Waals surface area contributed by atoms with Crippen LogP contribution >= 0.6 is 0 Å². The van der Waals surface area contributed by atoms with Crippen LogP contribution in [0.25, 0.3) is 0 Å². The highest BCUT2D eigenvalue weighted by Crippen LogP contribution is 2.15. The topological polar surface area (TPSA) is 134 Å². The third kappa shape index (κ3) is 8.72. The van der Waals surface area contributed by atoms with Crippen molar-refractivity contribution in [1.29, 1.82) is 0 Å². The van der Waals surface area contributed by atoms with Gasteiger partial charge in [-0.2, -0.15) is 0 Å². The molecule has 0 aromatic heterocycles. The molecule has 2 aromatic carbocycles. The molecule has 0 saturated carbocycles. The molecule has 9 nitrogen and oxygen atoms in total. The fraction of sp³-hybridized carbons (Fsp3) is 0.375. The van der Waals surface area contributed by atoms with Gasteiger partial charge in [0.2, 0.25) is 5.91 Å². The first-order valence-corrected chi connectivity index (χ1v) is 10.4. The number of benzene rings is 2. The molecule has 0 aliphatic carbocycles. The van der Waals surface area contributed by atoms with E-state index in [1.165, 1.54) is 19.2 Å². The predicted molar refractivity (Wildman–Crippen MR) is 121 cm³/mol. The first kappa shape index (κ1) is 25.5. The number of hydrogen-bond donors (Lipinski definition) is 4. The molecule has 9 heteroatoms. The largest absolute Gasteiger partial charge is 0.508 e. The molecule has 0 heterocycles. The number of carboxylic acid groups (broad SMARTS) is 1. The second-order valence-corrected chi connectivity index (χ2v) is 8.52. The minimum Gasteiger partial charge on any atom is -0.508 e. The normalized spacial score (nSPS) is 12.8. The number of carboxylic acids is 1. The molecule has 0 spiro atoms. The van der Waals surface area contributed by atoms with Gasteiger partial charge in [0.25, 0.3) is 0 Å². The number of aromatic hydroxyl groups is 1. The lowest BCUT2D eigenvalue weighted by Gasteiger charge is -2.24. The van der Waals surface area contributed by atoms with Crippen molar-refractivity contribution in [2.45, 2.75) is 51.3 Å². The zero-order valence-corrected chi connectivity index (χ0v) is 19.1. The number of carbonyl (C=O) groups excluding carboxylic acids is 2. The van der Waals surface area contributed by atoms with Gasteiger partial charge >= 0.3 is 12.1 Å². The van der Waals surface area contributed by atoms with E-state index in [1.54, 1.807) is 57.2 Å². The smallest absolute Gasteiger partial charge is 0.408 e. The average molecular weight is 459 g/mol. The Balaban J connectivity index is 2.17. The Labute approximate surface area is 192 Å². The van der Waals surface area contributed by atoms with Gasteiger partial charge < -0.3 is 30.3 Å². The Morgan fingerprint density at radius 1 is 0.879 bits per heavy atom. The minimum absolute atomic E-state index is 0.0451. The maximum atomic E-state index is 13.0. The van der Waals surface area contributed by atoms with E-state index in [4.69, 9.17) is 9.47 Å². The molecule has 0 aliphatic rings. The highest BCUT2D eigenvalue weighted by Gasteiger charge is 2.28. The van der Waals surface area contributed by atoms with E-state index in [1.807, 2.05) is 0 Å². The number of methoxy groups -OCH3 is 1.